The second-order valence-corrected chi connectivity index (χ2v) is 7.27. The first kappa shape index (κ1) is 23.6. The van der Waals surface area contributed by atoms with E-state index in [-0.39, 0.29) is 6.61 Å². The molecule has 33 heavy (non-hydrogen) atoms. The van der Waals surface area contributed by atoms with Crippen molar-refractivity contribution < 1.29 is 24.2 Å². The van der Waals surface area contributed by atoms with Gasteiger partial charge in [-0.25, -0.2) is 14.5 Å². The van der Waals surface area contributed by atoms with E-state index in [0.29, 0.717) is 12.4 Å². The molecule has 3 aromatic carbocycles. The summed E-state index contributed by atoms with van der Waals surface area (Å²) < 4.78 is 10.7. The molecule has 0 atom stereocenters. The third kappa shape index (κ3) is 7.85. The van der Waals surface area contributed by atoms with Crippen molar-refractivity contribution in [3.05, 3.63) is 96.6 Å². The van der Waals surface area contributed by atoms with Gasteiger partial charge in [-0.1, -0.05) is 60.7 Å². The number of hydrogen-bond donors (Lipinski definition) is 1. The van der Waals surface area contributed by atoms with Gasteiger partial charge in [0.2, 0.25) is 0 Å². The number of carboxylic acid groups (broad SMARTS) is 1. The van der Waals surface area contributed by atoms with Gasteiger partial charge >= 0.3 is 12.1 Å². The largest absolute Gasteiger partial charge is 0.482 e. The van der Waals surface area contributed by atoms with E-state index >= 15 is 0 Å². The number of hydrogen-bond acceptors (Lipinski definition) is 4. The average Bonchev–Trinajstić information content (AvgIpc) is 2.84. The lowest BCUT2D eigenvalue weighted by molar-refractivity contribution is -0.139. The fraction of sp³-hybridized carbons (Fsp3) is 0.185. The summed E-state index contributed by atoms with van der Waals surface area (Å²) in [4.78, 5) is 25.0. The lowest BCUT2D eigenvalue weighted by Crippen LogP contribution is -2.27. The molecule has 0 fully saturated rings. The number of rotatable bonds is 11. The van der Waals surface area contributed by atoms with Crippen molar-refractivity contribution >= 4 is 29.5 Å². The van der Waals surface area contributed by atoms with E-state index < -0.39 is 12.1 Å². The lowest BCUT2D eigenvalue weighted by Gasteiger charge is -2.22. The zero-order valence-electron chi connectivity index (χ0n) is 18.3. The van der Waals surface area contributed by atoms with Crippen molar-refractivity contribution in [2.45, 2.75) is 19.3 Å². The van der Waals surface area contributed by atoms with Gasteiger partial charge in [0.05, 0.1) is 18.0 Å². The summed E-state index contributed by atoms with van der Waals surface area (Å²) >= 11 is 0. The summed E-state index contributed by atoms with van der Waals surface area (Å²) in [5, 5.41) is 8.70. The highest BCUT2D eigenvalue weighted by Gasteiger charge is 2.18. The van der Waals surface area contributed by atoms with E-state index in [2.05, 4.69) is 0 Å². The minimum absolute atomic E-state index is 0.335. The van der Waals surface area contributed by atoms with Crippen molar-refractivity contribution in [2.24, 2.45) is 0 Å². The fourth-order valence-corrected chi connectivity index (χ4v) is 3.17. The number of nitrogens with zero attached hydrogens (tertiary/aromatic N) is 1. The molecule has 6 nitrogen and oxygen atoms in total. The van der Waals surface area contributed by atoms with Crippen LogP contribution in [0.3, 0.4) is 0 Å². The summed E-state index contributed by atoms with van der Waals surface area (Å²) in [6.45, 7) is -0.0286. The van der Waals surface area contributed by atoms with E-state index in [0.717, 1.165) is 36.2 Å². The Kier molecular flexibility index (Phi) is 9.09. The van der Waals surface area contributed by atoms with Crippen LogP contribution in [0, 0.1) is 0 Å². The van der Waals surface area contributed by atoms with Crippen LogP contribution >= 0.6 is 0 Å². The Labute approximate surface area is 193 Å². The average molecular weight is 446 g/mol. The number of aliphatic carboxylic acids is 1. The number of benzene rings is 3. The van der Waals surface area contributed by atoms with E-state index in [1.807, 2.05) is 84.9 Å². The van der Waals surface area contributed by atoms with Crippen LogP contribution in [0.4, 0.5) is 16.2 Å². The van der Waals surface area contributed by atoms with E-state index in [9.17, 15) is 9.59 Å². The molecule has 0 aliphatic carbocycles. The molecule has 0 aliphatic heterocycles. The topological polar surface area (TPSA) is 76.1 Å². The Bertz CT molecular complexity index is 1010. The molecule has 0 radical (unpaired) electrons. The molecule has 0 saturated heterocycles. The molecule has 0 spiro atoms. The monoisotopic (exact) mass is 445 g/mol. The van der Waals surface area contributed by atoms with Crippen LogP contribution in [0.5, 0.6) is 5.75 Å². The van der Waals surface area contributed by atoms with Crippen LogP contribution in [0.15, 0.2) is 91.0 Å². The minimum Gasteiger partial charge on any atom is -0.482 e. The quantitative estimate of drug-likeness (QED) is 0.350. The first-order valence-corrected chi connectivity index (χ1v) is 10.8. The predicted octanol–water partition coefficient (Wildman–Crippen LogP) is 6.31. The normalized spacial score (nSPS) is 10.7. The van der Waals surface area contributed by atoms with Crippen LogP contribution in [0.2, 0.25) is 0 Å². The molecule has 0 heterocycles. The van der Waals surface area contributed by atoms with Crippen LogP contribution in [0.1, 0.15) is 24.8 Å². The molecular weight excluding hydrogens is 418 g/mol. The van der Waals surface area contributed by atoms with Gasteiger partial charge in [0.15, 0.2) is 6.61 Å². The van der Waals surface area contributed by atoms with Crippen molar-refractivity contribution in [1.29, 1.82) is 0 Å². The van der Waals surface area contributed by atoms with Crippen LogP contribution in [0.25, 0.3) is 6.08 Å². The molecule has 0 bridgehead atoms. The number of carbonyl (C=O) groups is 2. The first-order chi connectivity index (χ1) is 16.1. The van der Waals surface area contributed by atoms with Crippen LogP contribution in [-0.2, 0) is 9.53 Å². The molecule has 0 aromatic heterocycles. The Balaban J connectivity index is 1.44. The van der Waals surface area contributed by atoms with Crippen molar-refractivity contribution in [2.75, 3.05) is 18.1 Å². The summed E-state index contributed by atoms with van der Waals surface area (Å²) in [5.74, 6) is -0.486. The minimum atomic E-state index is -1.01. The molecule has 6 heteroatoms. The highest BCUT2D eigenvalue weighted by molar-refractivity contribution is 5.95. The van der Waals surface area contributed by atoms with E-state index in [1.165, 1.54) is 0 Å². The molecule has 1 amide bonds. The number of amides is 1. The van der Waals surface area contributed by atoms with Crippen molar-refractivity contribution in [1.82, 2.24) is 0 Å². The highest BCUT2D eigenvalue weighted by atomic mass is 16.6. The third-order valence-electron chi connectivity index (χ3n) is 4.73. The van der Waals surface area contributed by atoms with Gasteiger partial charge < -0.3 is 14.6 Å². The van der Waals surface area contributed by atoms with Crippen molar-refractivity contribution in [3.8, 4) is 5.75 Å². The number of carboxylic acids is 1. The Morgan fingerprint density at radius 3 is 2.15 bits per heavy atom. The Hall–Kier alpha value is -4.06. The summed E-state index contributed by atoms with van der Waals surface area (Å²) in [5.41, 5.74) is 2.45. The smallest absolute Gasteiger partial charge is 0.418 e. The zero-order chi connectivity index (χ0) is 23.3. The first-order valence-electron chi connectivity index (χ1n) is 10.8. The number of anilines is 2. The summed E-state index contributed by atoms with van der Waals surface area (Å²) in [6, 6.07) is 26.1. The number of ether oxygens (including phenoxy) is 2. The van der Waals surface area contributed by atoms with E-state index in [4.69, 9.17) is 14.6 Å². The standard InChI is InChI=1S/C27H27NO5/c29-26(30)21-33-25-18-11-13-22(20-25)12-5-1-2-10-19-32-27(31)28(23-14-6-3-7-15-23)24-16-8-4-9-17-24/h3-9,11-18,20H,1-2,10,19,21H2,(H,29,30). The molecule has 0 aliphatic rings. The number of carbonyl (C=O) groups excluding carboxylic acids is 1. The maximum absolute atomic E-state index is 12.8. The van der Waals surface area contributed by atoms with Gasteiger partial charge in [-0.3, -0.25) is 0 Å². The number of para-hydroxylation sites is 2. The molecular formula is C27H27NO5. The number of allylic oxidation sites excluding steroid dienone is 1. The SMILES string of the molecule is O=C(O)COc1cccc(C=CCCCCOC(=O)N(c2ccccc2)c2ccccc2)c1. The lowest BCUT2D eigenvalue weighted by atomic mass is 10.1. The molecule has 3 rings (SSSR count). The zero-order valence-corrected chi connectivity index (χ0v) is 18.3. The van der Waals surface area contributed by atoms with E-state index in [1.54, 1.807) is 17.0 Å². The second kappa shape index (κ2) is 12.7. The van der Waals surface area contributed by atoms with Gasteiger partial charge in [0.1, 0.15) is 5.75 Å². The molecule has 0 saturated carbocycles. The van der Waals surface area contributed by atoms with Crippen LogP contribution < -0.4 is 9.64 Å². The van der Waals surface area contributed by atoms with Gasteiger partial charge in [-0.15, -0.1) is 0 Å². The number of unbranched alkanes of at least 4 members (excludes halogenated alkanes) is 2. The maximum Gasteiger partial charge on any atom is 0.418 e. The van der Waals surface area contributed by atoms with Crippen LogP contribution in [-0.4, -0.2) is 30.4 Å². The molecule has 170 valence electrons. The van der Waals surface area contributed by atoms with Crippen molar-refractivity contribution in [3.63, 3.8) is 0 Å². The second-order valence-electron chi connectivity index (χ2n) is 7.27. The summed E-state index contributed by atoms with van der Waals surface area (Å²) in [6.07, 6.45) is 6.05. The Morgan fingerprint density at radius 1 is 0.848 bits per heavy atom. The third-order valence-corrected chi connectivity index (χ3v) is 4.73. The molecule has 0 unspecified atom stereocenters. The van der Waals surface area contributed by atoms with Gasteiger partial charge in [-0.2, -0.15) is 0 Å². The molecule has 3 aromatic rings. The fourth-order valence-electron chi connectivity index (χ4n) is 3.17. The van der Waals surface area contributed by atoms with Gasteiger partial charge in [0.25, 0.3) is 0 Å². The molecule has 1 N–H and O–H groups in total. The maximum atomic E-state index is 12.8. The predicted molar refractivity (Wildman–Crippen MR) is 129 cm³/mol. The highest BCUT2D eigenvalue weighted by Crippen LogP contribution is 2.25. The van der Waals surface area contributed by atoms with Gasteiger partial charge in [0, 0.05) is 0 Å². The Morgan fingerprint density at radius 2 is 1.52 bits per heavy atom. The summed E-state index contributed by atoms with van der Waals surface area (Å²) in [7, 11) is 0. The van der Waals surface area contributed by atoms with Gasteiger partial charge in [-0.05, 0) is 61.2 Å².